The molecule has 1 atom stereocenters. The molecular weight excluding hydrogens is 294 g/mol. The topological polar surface area (TPSA) is 38.1 Å². The van der Waals surface area contributed by atoms with Gasteiger partial charge in [0.1, 0.15) is 5.82 Å². The highest BCUT2D eigenvalue weighted by atomic mass is 32.2. The second kappa shape index (κ2) is 8.61. The van der Waals surface area contributed by atoms with Crippen LogP contribution in [-0.4, -0.2) is 44.5 Å². The van der Waals surface area contributed by atoms with Crippen molar-refractivity contribution >= 4 is 17.7 Å². The minimum Gasteiger partial charge on any atom is -0.342 e. The van der Waals surface area contributed by atoms with Crippen LogP contribution < -0.4 is 0 Å². The first kappa shape index (κ1) is 17.4. The van der Waals surface area contributed by atoms with Crippen LogP contribution in [0.15, 0.2) is 12.4 Å². The third-order valence-electron chi connectivity index (χ3n) is 4.44. The number of thioether (sulfide) groups is 1. The van der Waals surface area contributed by atoms with Crippen LogP contribution in [0.25, 0.3) is 0 Å². The quantitative estimate of drug-likeness (QED) is 0.770. The number of carbonyl (C=O) groups is 1. The van der Waals surface area contributed by atoms with E-state index in [1.807, 2.05) is 18.0 Å². The number of rotatable bonds is 7. The number of amides is 1. The van der Waals surface area contributed by atoms with E-state index in [9.17, 15) is 4.79 Å². The van der Waals surface area contributed by atoms with Gasteiger partial charge in [0.2, 0.25) is 5.91 Å². The Balaban J connectivity index is 1.89. The van der Waals surface area contributed by atoms with E-state index in [4.69, 9.17) is 0 Å². The van der Waals surface area contributed by atoms with E-state index in [0.717, 1.165) is 38.2 Å². The lowest BCUT2D eigenvalue weighted by Crippen LogP contribution is -2.42. The summed E-state index contributed by atoms with van der Waals surface area (Å²) in [6, 6.07) is 0. The predicted molar refractivity (Wildman–Crippen MR) is 93.3 cm³/mol. The third kappa shape index (κ3) is 4.28. The average molecular weight is 324 g/mol. The molecule has 0 N–H and O–H groups in total. The largest absolute Gasteiger partial charge is 0.342 e. The van der Waals surface area contributed by atoms with Gasteiger partial charge in [0.15, 0.2) is 0 Å². The molecule has 2 rings (SSSR count). The van der Waals surface area contributed by atoms with Gasteiger partial charge in [-0.3, -0.25) is 4.79 Å². The standard InChI is InChI=1S/C17H29N3OS/c1-4-6-10-19-13-9-18-16(19)15-7-11-20(12-8-15)17(21)14(3)22-5-2/h9,13-15H,4-8,10-12H2,1-3H3/t14-/m0/s1. The number of imidazole rings is 1. The van der Waals surface area contributed by atoms with E-state index >= 15 is 0 Å². The molecule has 0 spiro atoms. The number of likely N-dealkylation sites (tertiary alicyclic amines) is 1. The summed E-state index contributed by atoms with van der Waals surface area (Å²) in [5.41, 5.74) is 0. The van der Waals surface area contributed by atoms with Crippen molar-refractivity contribution in [2.45, 2.75) is 64.2 Å². The van der Waals surface area contributed by atoms with Crippen molar-refractivity contribution in [3.8, 4) is 0 Å². The first-order chi connectivity index (χ1) is 10.7. The smallest absolute Gasteiger partial charge is 0.235 e. The number of unbranched alkanes of at least 4 members (excludes halogenated alkanes) is 1. The van der Waals surface area contributed by atoms with E-state index in [1.54, 1.807) is 11.8 Å². The molecule has 1 saturated heterocycles. The van der Waals surface area contributed by atoms with Crippen LogP contribution >= 0.6 is 11.8 Å². The summed E-state index contributed by atoms with van der Waals surface area (Å²) < 4.78 is 2.31. The number of hydrogen-bond acceptors (Lipinski definition) is 3. The average Bonchev–Trinajstić information content (AvgIpc) is 3.01. The van der Waals surface area contributed by atoms with Crippen molar-refractivity contribution in [2.24, 2.45) is 0 Å². The Morgan fingerprint density at radius 3 is 2.77 bits per heavy atom. The van der Waals surface area contributed by atoms with Crippen molar-refractivity contribution < 1.29 is 4.79 Å². The molecule has 1 aliphatic rings. The maximum Gasteiger partial charge on any atom is 0.235 e. The van der Waals surface area contributed by atoms with Crippen LogP contribution in [0.5, 0.6) is 0 Å². The van der Waals surface area contributed by atoms with Crippen molar-refractivity contribution in [2.75, 3.05) is 18.8 Å². The Hall–Kier alpha value is -0.970. The summed E-state index contributed by atoms with van der Waals surface area (Å²) in [5.74, 6) is 3.03. The lowest BCUT2D eigenvalue weighted by atomic mass is 9.95. The molecule has 0 aliphatic carbocycles. The fourth-order valence-corrected chi connectivity index (χ4v) is 3.93. The van der Waals surface area contributed by atoms with Crippen LogP contribution in [0.2, 0.25) is 0 Å². The van der Waals surface area contributed by atoms with Crippen LogP contribution in [0, 0.1) is 0 Å². The Morgan fingerprint density at radius 1 is 1.41 bits per heavy atom. The molecule has 2 heterocycles. The van der Waals surface area contributed by atoms with Gasteiger partial charge in [0, 0.05) is 37.9 Å². The van der Waals surface area contributed by atoms with Gasteiger partial charge in [0.25, 0.3) is 0 Å². The highest BCUT2D eigenvalue weighted by molar-refractivity contribution is 8.00. The van der Waals surface area contributed by atoms with E-state index in [1.165, 1.54) is 18.7 Å². The van der Waals surface area contributed by atoms with Crippen LogP contribution in [0.1, 0.15) is 58.2 Å². The first-order valence-corrected chi connectivity index (χ1v) is 9.63. The second-order valence-corrected chi connectivity index (χ2v) is 7.65. The van der Waals surface area contributed by atoms with Crippen molar-refractivity contribution in [3.05, 3.63) is 18.2 Å². The fraction of sp³-hybridized carbons (Fsp3) is 0.765. The zero-order valence-corrected chi connectivity index (χ0v) is 14.9. The molecule has 1 amide bonds. The summed E-state index contributed by atoms with van der Waals surface area (Å²) in [7, 11) is 0. The molecule has 1 aliphatic heterocycles. The molecule has 124 valence electrons. The number of nitrogens with zero attached hydrogens (tertiary/aromatic N) is 3. The minimum absolute atomic E-state index is 0.0908. The summed E-state index contributed by atoms with van der Waals surface area (Å²) in [6.45, 7) is 9.17. The van der Waals surface area contributed by atoms with Crippen LogP contribution in [0.3, 0.4) is 0 Å². The molecule has 1 aromatic rings. The van der Waals surface area contributed by atoms with E-state index in [2.05, 4.69) is 29.6 Å². The zero-order valence-electron chi connectivity index (χ0n) is 14.1. The van der Waals surface area contributed by atoms with Gasteiger partial charge in [-0.2, -0.15) is 0 Å². The summed E-state index contributed by atoms with van der Waals surface area (Å²) in [5, 5.41) is 0.0908. The molecule has 0 bridgehead atoms. The third-order valence-corrected chi connectivity index (χ3v) is 5.47. The number of aryl methyl sites for hydroxylation is 1. The molecule has 1 aromatic heterocycles. The summed E-state index contributed by atoms with van der Waals surface area (Å²) in [4.78, 5) is 19.0. The lowest BCUT2D eigenvalue weighted by Gasteiger charge is -2.33. The van der Waals surface area contributed by atoms with Crippen molar-refractivity contribution in [1.82, 2.24) is 14.5 Å². The highest BCUT2D eigenvalue weighted by Gasteiger charge is 2.28. The molecule has 1 fully saturated rings. The normalized spacial score (nSPS) is 17.7. The first-order valence-electron chi connectivity index (χ1n) is 8.58. The Bertz CT molecular complexity index is 466. The Labute approximate surface area is 138 Å². The lowest BCUT2D eigenvalue weighted by molar-refractivity contribution is -0.131. The second-order valence-electron chi connectivity index (χ2n) is 6.03. The van der Waals surface area contributed by atoms with E-state index in [0.29, 0.717) is 11.8 Å². The van der Waals surface area contributed by atoms with Crippen LogP contribution in [-0.2, 0) is 11.3 Å². The molecule has 0 radical (unpaired) electrons. The Kier molecular flexibility index (Phi) is 6.80. The van der Waals surface area contributed by atoms with Crippen LogP contribution in [0.4, 0.5) is 0 Å². The van der Waals surface area contributed by atoms with Gasteiger partial charge in [-0.25, -0.2) is 4.98 Å². The van der Waals surface area contributed by atoms with Gasteiger partial charge in [-0.05, 0) is 31.9 Å². The number of hydrogen-bond donors (Lipinski definition) is 0. The predicted octanol–water partition coefficient (Wildman–Crippen LogP) is 3.53. The van der Waals surface area contributed by atoms with E-state index in [-0.39, 0.29) is 5.25 Å². The molecule has 5 heteroatoms. The van der Waals surface area contributed by atoms with Gasteiger partial charge in [-0.15, -0.1) is 11.8 Å². The molecule has 22 heavy (non-hydrogen) atoms. The Morgan fingerprint density at radius 2 is 2.14 bits per heavy atom. The van der Waals surface area contributed by atoms with E-state index < -0.39 is 0 Å². The maximum atomic E-state index is 12.4. The molecule has 4 nitrogen and oxygen atoms in total. The molecule has 0 unspecified atom stereocenters. The summed E-state index contributed by atoms with van der Waals surface area (Å²) >= 11 is 1.74. The number of piperidine rings is 1. The monoisotopic (exact) mass is 323 g/mol. The molecule has 0 saturated carbocycles. The zero-order chi connectivity index (χ0) is 15.9. The molecule has 0 aromatic carbocycles. The minimum atomic E-state index is 0.0908. The van der Waals surface area contributed by atoms with Gasteiger partial charge < -0.3 is 9.47 Å². The van der Waals surface area contributed by atoms with Gasteiger partial charge >= 0.3 is 0 Å². The number of aromatic nitrogens is 2. The van der Waals surface area contributed by atoms with Gasteiger partial charge in [-0.1, -0.05) is 20.3 Å². The fourth-order valence-electron chi connectivity index (χ4n) is 3.13. The maximum absolute atomic E-state index is 12.4. The SMILES string of the molecule is CCCCn1ccnc1C1CCN(C(=O)[C@H](C)SCC)CC1. The summed E-state index contributed by atoms with van der Waals surface area (Å²) in [6.07, 6.45) is 8.51. The van der Waals surface area contributed by atoms with Crippen molar-refractivity contribution in [3.63, 3.8) is 0 Å². The number of carbonyl (C=O) groups excluding carboxylic acids is 1. The molecular formula is C17H29N3OS. The van der Waals surface area contributed by atoms with Gasteiger partial charge in [0.05, 0.1) is 5.25 Å². The van der Waals surface area contributed by atoms with Crippen molar-refractivity contribution in [1.29, 1.82) is 0 Å². The highest BCUT2D eigenvalue weighted by Crippen LogP contribution is 2.28.